The van der Waals surface area contributed by atoms with Gasteiger partial charge in [-0.15, -0.1) is 0 Å². The molecule has 9 nitrogen and oxygen atoms in total. The fraction of sp³-hybridized carbons (Fsp3) is 0.364. The van der Waals surface area contributed by atoms with Crippen molar-refractivity contribution in [3.8, 4) is 0 Å². The second kappa shape index (κ2) is 6.06. The number of ether oxygens (including phenoxy) is 1. The molecule has 0 radical (unpaired) electrons. The first-order valence-electron chi connectivity index (χ1n) is 5.88. The maximum Gasteiger partial charge on any atom is 0.330 e. The van der Waals surface area contributed by atoms with E-state index in [-0.39, 0.29) is 24.6 Å². The van der Waals surface area contributed by atoms with Crippen LogP contribution in [-0.2, 0) is 17.8 Å². The Morgan fingerprint density at radius 3 is 3.00 bits per heavy atom. The summed E-state index contributed by atoms with van der Waals surface area (Å²) in [7, 11) is 1.51. The predicted octanol–water partition coefficient (Wildman–Crippen LogP) is -0.635. The highest BCUT2D eigenvalue weighted by Crippen LogP contribution is 2.11. The summed E-state index contributed by atoms with van der Waals surface area (Å²) >= 11 is 0. The van der Waals surface area contributed by atoms with E-state index < -0.39 is 11.2 Å². The minimum absolute atomic E-state index is 0.0512. The van der Waals surface area contributed by atoms with E-state index >= 15 is 0 Å². The number of anilines is 2. The van der Waals surface area contributed by atoms with Gasteiger partial charge in [-0.3, -0.25) is 14.3 Å². The number of hydrogen-bond donors (Lipinski definition) is 3. The molecule has 2 aromatic rings. The molecule has 9 heteroatoms. The van der Waals surface area contributed by atoms with Crippen LogP contribution in [-0.4, -0.2) is 28.4 Å². The standard InChI is InChI=1S/C11H15N5O4/c1-19-5-4-16-9(12)8(10(17)15-11(16)18)13-6-7-2-3-14-20-7/h2-3,13H,4-6,12H2,1H3,(H,15,17,18). The van der Waals surface area contributed by atoms with Crippen LogP contribution in [0.4, 0.5) is 11.5 Å². The normalized spacial score (nSPS) is 10.7. The Morgan fingerprint density at radius 2 is 2.35 bits per heavy atom. The van der Waals surface area contributed by atoms with Crippen LogP contribution < -0.4 is 22.3 Å². The van der Waals surface area contributed by atoms with Crippen molar-refractivity contribution in [2.24, 2.45) is 0 Å². The summed E-state index contributed by atoms with van der Waals surface area (Å²) in [6.07, 6.45) is 1.49. The lowest BCUT2D eigenvalue weighted by Crippen LogP contribution is -2.34. The van der Waals surface area contributed by atoms with Crippen molar-refractivity contribution >= 4 is 11.5 Å². The van der Waals surface area contributed by atoms with E-state index in [2.05, 4.69) is 15.5 Å². The van der Waals surface area contributed by atoms with E-state index in [0.717, 1.165) is 0 Å². The third kappa shape index (κ3) is 2.88. The van der Waals surface area contributed by atoms with Gasteiger partial charge in [0, 0.05) is 13.2 Å². The van der Waals surface area contributed by atoms with Gasteiger partial charge in [-0.05, 0) is 0 Å². The monoisotopic (exact) mass is 281 g/mol. The van der Waals surface area contributed by atoms with Gasteiger partial charge in [0.25, 0.3) is 5.56 Å². The topological polar surface area (TPSA) is 128 Å². The molecule has 2 rings (SSSR count). The molecule has 108 valence electrons. The number of rotatable bonds is 6. The molecule has 0 aliphatic rings. The molecule has 20 heavy (non-hydrogen) atoms. The van der Waals surface area contributed by atoms with Crippen LogP contribution in [0.25, 0.3) is 0 Å². The fourth-order valence-corrected chi connectivity index (χ4v) is 1.67. The molecule has 0 aliphatic heterocycles. The maximum atomic E-state index is 11.8. The largest absolute Gasteiger partial charge is 0.383 e. The lowest BCUT2D eigenvalue weighted by atomic mass is 10.4. The number of nitrogens with one attached hydrogen (secondary N) is 2. The summed E-state index contributed by atoms with van der Waals surface area (Å²) in [5.41, 5.74) is 4.80. The number of H-pyrrole nitrogens is 1. The molecule has 0 amide bonds. The molecule has 0 saturated heterocycles. The zero-order valence-electron chi connectivity index (χ0n) is 10.9. The van der Waals surface area contributed by atoms with Crippen molar-refractivity contribution < 1.29 is 9.26 Å². The zero-order valence-corrected chi connectivity index (χ0v) is 10.9. The second-order valence-electron chi connectivity index (χ2n) is 4.00. The highest BCUT2D eigenvalue weighted by atomic mass is 16.5. The summed E-state index contributed by atoms with van der Waals surface area (Å²) in [5.74, 6) is 0.591. The van der Waals surface area contributed by atoms with Crippen LogP contribution in [0.1, 0.15) is 5.76 Å². The minimum Gasteiger partial charge on any atom is -0.383 e. The average Bonchev–Trinajstić information content (AvgIpc) is 2.91. The summed E-state index contributed by atoms with van der Waals surface area (Å²) in [4.78, 5) is 25.6. The van der Waals surface area contributed by atoms with Gasteiger partial charge in [0.2, 0.25) is 0 Å². The van der Waals surface area contributed by atoms with Crippen molar-refractivity contribution in [3.05, 3.63) is 38.9 Å². The van der Waals surface area contributed by atoms with Crippen molar-refractivity contribution in [2.45, 2.75) is 13.1 Å². The molecule has 0 saturated carbocycles. The Kier molecular flexibility index (Phi) is 4.20. The van der Waals surface area contributed by atoms with Crippen LogP contribution in [0, 0.1) is 0 Å². The Labute approximate surface area is 113 Å². The maximum absolute atomic E-state index is 11.8. The average molecular weight is 281 g/mol. The third-order valence-electron chi connectivity index (χ3n) is 2.69. The molecule has 0 atom stereocenters. The minimum atomic E-state index is -0.583. The van der Waals surface area contributed by atoms with Gasteiger partial charge >= 0.3 is 5.69 Å². The summed E-state index contributed by atoms with van der Waals surface area (Å²) in [6.45, 7) is 0.780. The van der Waals surface area contributed by atoms with Crippen LogP contribution in [0.15, 0.2) is 26.4 Å². The van der Waals surface area contributed by atoms with E-state index in [0.29, 0.717) is 12.4 Å². The van der Waals surface area contributed by atoms with Gasteiger partial charge in [0.15, 0.2) is 5.76 Å². The van der Waals surface area contributed by atoms with Gasteiger partial charge in [0.1, 0.15) is 11.5 Å². The molecule has 2 aromatic heterocycles. The van der Waals surface area contributed by atoms with E-state index in [1.165, 1.54) is 17.9 Å². The fourth-order valence-electron chi connectivity index (χ4n) is 1.67. The molecular formula is C11H15N5O4. The Bertz CT molecular complexity index is 673. The van der Waals surface area contributed by atoms with Gasteiger partial charge in [0.05, 0.1) is 25.9 Å². The molecule has 0 aliphatic carbocycles. The molecule has 0 unspecified atom stereocenters. The van der Waals surface area contributed by atoms with Gasteiger partial charge in [-0.2, -0.15) is 0 Å². The molecule has 0 bridgehead atoms. The summed E-state index contributed by atoms with van der Waals surface area (Å²) in [5, 5.41) is 6.37. The van der Waals surface area contributed by atoms with E-state index in [4.69, 9.17) is 15.0 Å². The van der Waals surface area contributed by atoms with E-state index in [1.807, 2.05) is 0 Å². The molecule has 2 heterocycles. The van der Waals surface area contributed by atoms with E-state index in [1.54, 1.807) is 6.07 Å². The van der Waals surface area contributed by atoms with Gasteiger partial charge in [-0.1, -0.05) is 5.16 Å². The number of nitrogens with two attached hydrogens (primary N) is 1. The van der Waals surface area contributed by atoms with Crippen LogP contribution in [0.3, 0.4) is 0 Å². The predicted molar refractivity (Wildman–Crippen MR) is 71.4 cm³/mol. The van der Waals surface area contributed by atoms with Crippen molar-refractivity contribution in [3.63, 3.8) is 0 Å². The van der Waals surface area contributed by atoms with Gasteiger partial charge in [-0.25, -0.2) is 4.79 Å². The zero-order chi connectivity index (χ0) is 14.5. The quantitative estimate of drug-likeness (QED) is 0.642. The number of hydrogen-bond acceptors (Lipinski definition) is 7. The van der Waals surface area contributed by atoms with Crippen molar-refractivity contribution in [1.82, 2.24) is 14.7 Å². The number of nitrogen functional groups attached to an aromatic ring is 1. The summed E-state index contributed by atoms with van der Waals surface area (Å²) in [6, 6.07) is 1.65. The number of aromatic nitrogens is 3. The highest BCUT2D eigenvalue weighted by Gasteiger charge is 2.12. The molecular weight excluding hydrogens is 266 g/mol. The lowest BCUT2D eigenvalue weighted by molar-refractivity contribution is 0.186. The second-order valence-corrected chi connectivity index (χ2v) is 4.00. The highest BCUT2D eigenvalue weighted by molar-refractivity contribution is 5.60. The third-order valence-corrected chi connectivity index (χ3v) is 2.69. The molecule has 0 spiro atoms. The summed E-state index contributed by atoms with van der Waals surface area (Å²) < 4.78 is 11.0. The number of aromatic amines is 1. The Balaban J connectivity index is 2.27. The van der Waals surface area contributed by atoms with Crippen LogP contribution >= 0.6 is 0 Å². The Hall–Kier alpha value is -2.55. The van der Waals surface area contributed by atoms with E-state index in [9.17, 15) is 9.59 Å². The van der Waals surface area contributed by atoms with Gasteiger partial charge < -0.3 is 20.3 Å². The molecule has 4 N–H and O–H groups in total. The first-order valence-corrected chi connectivity index (χ1v) is 5.88. The van der Waals surface area contributed by atoms with Crippen LogP contribution in [0.5, 0.6) is 0 Å². The van der Waals surface area contributed by atoms with Crippen molar-refractivity contribution in [2.75, 3.05) is 24.8 Å². The van der Waals surface area contributed by atoms with Crippen LogP contribution in [0.2, 0.25) is 0 Å². The molecule has 0 aromatic carbocycles. The smallest absolute Gasteiger partial charge is 0.330 e. The molecule has 0 fully saturated rings. The first-order chi connectivity index (χ1) is 9.63. The lowest BCUT2D eigenvalue weighted by Gasteiger charge is -2.12. The number of nitrogens with zero attached hydrogens (tertiary/aromatic N) is 2. The van der Waals surface area contributed by atoms with Crippen molar-refractivity contribution in [1.29, 1.82) is 0 Å². The first kappa shape index (κ1) is 13.9. The Morgan fingerprint density at radius 1 is 1.55 bits per heavy atom. The SMILES string of the molecule is COCCn1c(N)c(NCc2ccno2)c(=O)[nH]c1=O. The number of methoxy groups -OCH3 is 1.